The number of hydrogen-bond donors (Lipinski definition) is 2. The van der Waals surface area contributed by atoms with E-state index in [0.29, 0.717) is 17.2 Å². The second-order valence-corrected chi connectivity index (χ2v) is 6.94. The van der Waals surface area contributed by atoms with Crippen molar-refractivity contribution in [2.45, 2.75) is 5.75 Å². The van der Waals surface area contributed by atoms with Crippen LogP contribution in [0, 0.1) is 0 Å². The molecule has 6 heteroatoms. The van der Waals surface area contributed by atoms with Crippen LogP contribution in [-0.4, -0.2) is 31.3 Å². The molecule has 0 atom stereocenters. The molecule has 1 rings (SSSR count). The molecule has 90 valence electrons. The van der Waals surface area contributed by atoms with E-state index < -0.39 is 9.84 Å². The molecular formula is C10H15NO3S2. The average molecular weight is 261 g/mol. The van der Waals surface area contributed by atoms with Crippen molar-refractivity contribution in [3.63, 3.8) is 0 Å². The van der Waals surface area contributed by atoms with Crippen molar-refractivity contribution in [1.29, 1.82) is 0 Å². The topological polar surface area (TPSA) is 80.4 Å². The number of thioether (sulfide) groups is 1. The molecule has 16 heavy (non-hydrogen) atoms. The Kier molecular flexibility index (Phi) is 4.49. The van der Waals surface area contributed by atoms with Gasteiger partial charge in [0.2, 0.25) is 0 Å². The zero-order valence-corrected chi connectivity index (χ0v) is 10.6. The van der Waals surface area contributed by atoms with Gasteiger partial charge >= 0.3 is 0 Å². The van der Waals surface area contributed by atoms with Gasteiger partial charge < -0.3 is 10.8 Å². The van der Waals surface area contributed by atoms with Crippen LogP contribution in [0.2, 0.25) is 0 Å². The zero-order chi connectivity index (χ0) is 12.2. The normalized spacial score (nSPS) is 11.6. The number of rotatable bonds is 5. The maximum Gasteiger partial charge on any atom is 0.148 e. The molecule has 0 amide bonds. The van der Waals surface area contributed by atoms with Crippen LogP contribution < -0.4 is 5.73 Å². The lowest BCUT2D eigenvalue weighted by Crippen LogP contribution is -2.05. The van der Waals surface area contributed by atoms with Crippen LogP contribution in [-0.2, 0) is 15.6 Å². The molecule has 0 fully saturated rings. The van der Waals surface area contributed by atoms with Gasteiger partial charge in [0.05, 0.1) is 5.75 Å². The maximum atomic E-state index is 10.9. The van der Waals surface area contributed by atoms with Crippen molar-refractivity contribution in [3.05, 3.63) is 23.8 Å². The van der Waals surface area contributed by atoms with Gasteiger partial charge in [0.25, 0.3) is 0 Å². The highest BCUT2D eigenvalue weighted by Gasteiger charge is 2.04. The van der Waals surface area contributed by atoms with Gasteiger partial charge in [-0.05, 0) is 18.2 Å². The fourth-order valence-electron chi connectivity index (χ4n) is 1.11. The number of nitrogens with two attached hydrogens (primary N) is 1. The van der Waals surface area contributed by atoms with Crippen molar-refractivity contribution in [1.82, 2.24) is 0 Å². The lowest BCUT2D eigenvalue weighted by atomic mass is 10.2. The SMILES string of the molecule is CS(=O)(=O)CCSCc1cc(N)ccc1O. The maximum absolute atomic E-state index is 10.9. The summed E-state index contributed by atoms with van der Waals surface area (Å²) in [5.41, 5.74) is 6.91. The van der Waals surface area contributed by atoms with Gasteiger partial charge in [0.1, 0.15) is 15.6 Å². The van der Waals surface area contributed by atoms with Crippen LogP contribution in [0.25, 0.3) is 0 Å². The molecule has 0 unspecified atom stereocenters. The molecule has 0 bridgehead atoms. The second kappa shape index (κ2) is 5.45. The molecule has 0 saturated heterocycles. The number of aromatic hydroxyl groups is 1. The van der Waals surface area contributed by atoms with E-state index in [1.807, 2.05) is 0 Å². The van der Waals surface area contributed by atoms with Crippen LogP contribution >= 0.6 is 11.8 Å². The Bertz CT molecular complexity index is 457. The van der Waals surface area contributed by atoms with E-state index in [1.54, 1.807) is 18.2 Å². The summed E-state index contributed by atoms with van der Waals surface area (Å²) in [5, 5.41) is 9.51. The average Bonchev–Trinajstić information content (AvgIpc) is 2.16. The minimum absolute atomic E-state index is 0.154. The summed E-state index contributed by atoms with van der Waals surface area (Å²) in [6.45, 7) is 0. The molecule has 0 aliphatic carbocycles. The molecule has 0 heterocycles. The number of sulfone groups is 1. The lowest BCUT2D eigenvalue weighted by Gasteiger charge is -2.05. The summed E-state index contributed by atoms with van der Waals surface area (Å²) in [7, 11) is -2.90. The van der Waals surface area contributed by atoms with E-state index in [9.17, 15) is 13.5 Å². The molecule has 0 spiro atoms. The van der Waals surface area contributed by atoms with Crippen LogP contribution in [0.1, 0.15) is 5.56 Å². The quantitative estimate of drug-likeness (QED) is 0.474. The first-order chi connectivity index (χ1) is 7.38. The van der Waals surface area contributed by atoms with Crippen molar-refractivity contribution in [3.8, 4) is 5.75 Å². The van der Waals surface area contributed by atoms with Crippen LogP contribution in [0.15, 0.2) is 18.2 Å². The largest absolute Gasteiger partial charge is 0.508 e. The molecule has 0 radical (unpaired) electrons. The van der Waals surface area contributed by atoms with Gasteiger partial charge in [-0.15, -0.1) is 0 Å². The third kappa shape index (κ3) is 4.76. The molecule has 0 aromatic heterocycles. The number of benzene rings is 1. The number of phenolic OH excluding ortho intramolecular Hbond substituents is 1. The van der Waals surface area contributed by atoms with Gasteiger partial charge in [-0.2, -0.15) is 11.8 Å². The first-order valence-corrected chi connectivity index (χ1v) is 7.93. The van der Waals surface area contributed by atoms with E-state index in [0.717, 1.165) is 5.56 Å². The second-order valence-electron chi connectivity index (χ2n) is 3.57. The van der Waals surface area contributed by atoms with Crippen LogP contribution in [0.4, 0.5) is 5.69 Å². The monoisotopic (exact) mass is 261 g/mol. The first-order valence-electron chi connectivity index (χ1n) is 4.71. The highest BCUT2D eigenvalue weighted by atomic mass is 32.2. The molecule has 0 aliphatic heterocycles. The predicted octanol–water partition coefficient (Wildman–Crippen LogP) is 1.25. The number of nitrogen functional groups attached to an aromatic ring is 1. The van der Waals surface area contributed by atoms with Gasteiger partial charge in [-0.25, -0.2) is 8.42 Å². The standard InChI is InChI=1S/C10H15NO3S2/c1-16(13,14)5-4-15-7-8-6-9(11)2-3-10(8)12/h2-3,6,12H,4-5,7,11H2,1H3. The van der Waals surface area contributed by atoms with E-state index in [1.165, 1.54) is 18.0 Å². The molecule has 1 aromatic rings. The molecule has 0 aliphatic rings. The van der Waals surface area contributed by atoms with Crippen molar-refractivity contribution >= 4 is 27.3 Å². The van der Waals surface area contributed by atoms with E-state index >= 15 is 0 Å². The predicted molar refractivity (Wildman–Crippen MR) is 68.4 cm³/mol. The van der Waals surface area contributed by atoms with E-state index in [2.05, 4.69) is 0 Å². The van der Waals surface area contributed by atoms with Gasteiger partial charge in [0.15, 0.2) is 0 Å². The third-order valence-electron chi connectivity index (χ3n) is 1.96. The Labute approximate surface area is 99.8 Å². The summed E-state index contributed by atoms with van der Waals surface area (Å²) in [6, 6.07) is 4.87. The number of anilines is 1. The highest BCUT2D eigenvalue weighted by Crippen LogP contribution is 2.24. The summed E-state index contributed by atoms with van der Waals surface area (Å²) < 4.78 is 21.8. The third-order valence-corrected chi connectivity index (χ3v) is 4.17. The number of phenols is 1. The van der Waals surface area contributed by atoms with Gasteiger partial charge in [-0.3, -0.25) is 0 Å². The van der Waals surface area contributed by atoms with Gasteiger partial charge in [0, 0.05) is 29.0 Å². The summed E-state index contributed by atoms with van der Waals surface area (Å²) in [6.07, 6.45) is 1.21. The Morgan fingerprint density at radius 2 is 2.12 bits per heavy atom. The van der Waals surface area contributed by atoms with Crippen molar-refractivity contribution < 1.29 is 13.5 Å². The number of hydrogen-bond acceptors (Lipinski definition) is 5. The van der Waals surface area contributed by atoms with Gasteiger partial charge in [-0.1, -0.05) is 0 Å². The Hall–Kier alpha value is -0.880. The smallest absolute Gasteiger partial charge is 0.148 e. The minimum atomic E-state index is -2.90. The van der Waals surface area contributed by atoms with Crippen molar-refractivity contribution in [2.75, 3.05) is 23.5 Å². The highest BCUT2D eigenvalue weighted by molar-refractivity contribution is 7.99. The molecule has 1 aromatic carbocycles. The van der Waals surface area contributed by atoms with Crippen molar-refractivity contribution in [2.24, 2.45) is 0 Å². The van der Waals surface area contributed by atoms with Crippen LogP contribution in [0.3, 0.4) is 0 Å². The Morgan fingerprint density at radius 3 is 2.75 bits per heavy atom. The Balaban J connectivity index is 2.46. The molecule has 4 nitrogen and oxygen atoms in total. The van der Waals surface area contributed by atoms with E-state index in [4.69, 9.17) is 5.73 Å². The molecular weight excluding hydrogens is 246 g/mol. The molecule has 3 N–H and O–H groups in total. The zero-order valence-electron chi connectivity index (χ0n) is 9.01. The minimum Gasteiger partial charge on any atom is -0.508 e. The molecule has 0 saturated carbocycles. The summed E-state index contributed by atoms with van der Waals surface area (Å²) in [5.74, 6) is 1.43. The fraction of sp³-hybridized carbons (Fsp3) is 0.400. The fourth-order valence-corrected chi connectivity index (χ4v) is 3.39. The van der Waals surface area contributed by atoms with E-state index in [-0.39, 0.29) is 11.5 Å². The summed E-state index contributed by atoms with van der Waals surface area (Å²) >= 11 is 1.46. The Morgan fingerprint density at radius 1 is 1.44 bits per heavy atom. The van der Waals surface area contributed by atoms with Crippen LogP contribution in [0.5, 0.6) is 5.75 Å². The first kappa shape index (κ1) is 13.2. The summed E-state index contributed by atoms with van der Waals surface area (Å²) in [4.78, 5) is 0. The lowest BCUT2D eigenvalue weighted by molar-refractivity contribution is 0.471.